The van der Waals surface area contributed by atoms with E-state index in [9.17, 15) is 13.2 Å². The van der Waals surface area contributed by atoms with Crippen molar-refractivity contribution in [1.29, 1.82) is 0 Å². The topological polar surface area (TPSA) is 75.7 Å². The number of thioether (sulfide) groups is 1. The first-order chi connectivity index (χ1) is 15.5. The van der Waals surface area contributed by atoms with Crippen molar-refractivity contribution >= 4 is 33.4 Å². The summed E-state index contributed by atoms with van der Waals surface area (Å²) in [7, 11) is -2.39. The molecule has 0 aliphatic heterocycles. The van der Waals surface area contributed by atoms with Crippen LogP contribution in [0.4, 0.5) is 5.69 Å². The summed E-state index contributed by atoms with van der Waals surface area (Å²) in [5.41, 5.74) is 0.385. The van der Waals surface area contributed by atoms with Crippen LogP contribution in [-0.2, 0) is 14.8 Å². The average Bonchev–Trinajstić information content (AvgIpc) is 2.83. The highest BCUT2D eigenvalue weighted by Gasteiger charge is 2.27. The van der Waals surface area contributed by atoms with Gasteiger partial charge in [0.25, 0.3) is 10.0 Å². The third kappa shape index (κ3) is 6.90. The van der Waals surface area contributed by atoms with E-state index >= 15 is 0 Å². The molecule has 1 amide bonds. The number of carbonyl (C=O) groups is 1. The molecule has 1 N–H and O–H groups in total. The Kier molecular flexibility index (Phi) is 9.29. The highest BCUT2D eigenvalue weighted by atomic mass is 32.2. The van der Waals surface area contributed by atoms with E-state index in [1.807, 2.05) is 11.8 Å². The van der Waals surface area contributed by atoms with Crippen LogP contribution in [0.1, 0.15) is 38.5 Å². The Balaban J connectivity index is 1.62. The molecule has 1 aliphatic carbocycles. The lowest BCUT2D eigenvalue weighted by molar-refractivity contribution is -0.119. The van der Waals surface area contributed by atoms with E-state index in [0.29, 0.717) is 18.0 Å². The van der Waals surface area contributed by atoms with Crippen LogP contribution in [0, 0.1) is 0 Å². The Morgan fingerprint density at radius 1 is 1.09 bits per heavy atom. The molecule has 0 bridgehead atoms. The molecule has 1 fully saturated rings. The predicted octanol–water partition coefficient (Wildman–Crippen LogP) is 4.46. The average molecular weight is 477 g/mol. The first-order valence-corrected chi connectivity index (χ1v) is 13.6. The van der Waals surface area contributed by atoms with Gasteiger partial charge in [0.2, 0.25) is 5.91 Å². The second-order valence-corrected chi connectivity index (χ2v) is 11.1. The predicted molar refractivity (Wildman–Crippen MR) is 131 cm³/mol. The normalized spacial score (nSPS) is 14.7. The van der Waals surface area contributed by atoms with Crippen LogP contribution in [-0.4, -0.2) is 45.5 Å². The Morgan fingerprint density at radius 2 is 1.84 bits per heavy atom. The molecular weight excluding hydrogens is 444 g/mol. The fourth-order valence-electron chi connectivity index (χ4n) is 3.77. The summed E-state index contributed by atoms with van der Waals surface area (Å²) >= 11 is 1.99. The molecule has 0 saturated heterocycles. The van der Waals surface area contributed by atoms with E-state index in [4.69, 9.17) is 4.74 Å². The Labute approximate surface area is 195 Å². The van der Waals surface area contributed by atoms with Crippen LogP contribution < -0.4 is 14.4 Å². The van der Waals surface area contributed by atoms with Gasteiger partial charge in [-0.1, -0.05) is 43.5 Å². The molecule has 174 valence electrons. The third-order valence-corrected chi connectivity index (χ3v) is 8.76. The molecule has 0 radical (unpaired) electrons. The molecule has 3 rings (SSSR count). The molecule has 2 aromatic rings. The van der Waals surface area contributed by atoms with Crippen molar-refractivity contribution in [2.75, 3.05) is 30.3 Å². The van der Waals surface area contributed by atoms with E-state index in [-0.39, 0.29) is 17.3 Å². The standard InChI is InChI=1S/C24H32N2O4S2/c1-30-21-11-8-10-20(18-21)26(32(28,29)23-14-6-3-7-15-23)19-24(27)25-16-9-17-31-22-12-4-2-5-13-22/h3,6-8,10-11,14-15,18,22H,2,4-5,9,12-13,16-17,19H2,1H3,(H,25,27). The zero-order valence-corrected chi connectivity index (χ0v) is 20.2. The van der Waals surface area contributed by atoms with Gasteiger partial charge in [-0.05, 0) is 49.3 Å². The van der Waals surface area contributed by atoms with E-state index in [1.165, 1.54) is 51.3 Å². The van der Waals surface area contributed by atoms with Crippen molar-refractivity contribution in [1.82, 2.24) is 5.32 Å². The number of nitrogens with one attached hydrogen (secondary N) is 1. The van der Waals surface area contributed by atoms with Gasteiger partial charge in [0.1, 0.15) is 12.3 Å². The Morgan fingerprint density at radius 3 is 2.56 bits per heavy atom. The van der Waals surface area contributed by atoms with Crippen molar-refractivity contribution < 1.29 is 17.9 Å². The maximum absolute atomic E-state index is 13.3. The minimum absolute atomic E-state index is 0.138. The quantitative estimate of drug-likeness (QED) is 0.485. The number of hydrogen-bond donors (Lipinski definition) is 1. The number of rotatable bonds is 11. The number of hydrogen-bond acceptors (Lipinski definition) is 5. The molecule has 0 spiro atoms. The van der Waals surface area contributed by atoms with Gasteiger partial charge in [0.05, 0.1) is 17.7 Å². The van der Waals surface area contributed by atoms with Gasteiger partial charge in [-0.3, -0.25) is 9.10 Å². The van der Waals surface area contributed by atoms with E-state index in [0.717, 1.165) is 21.7 Å². The van der Waals surface area contributed by atoms with Crippen LogP contribution in [0.25, 0.3) is 0 Å². The van der Waals surface area contributed by atoms with Crippen LogP contribution in [0.2, 0.25) is 0 Å². The number of sulfonamides is 1. The monoisotopic (exact) mass is 476 g/mol. The molecule has 0 aromatic heterocycles. The van der Waals surface area contributed by atoms with Gasteiger partial charge in [0.15, 0.2) is 0 Å². The summed E-state index contributed by atoms with van der Waals surface area (Å²) in [5, 5.41) is 3.63. The number of anilines is 1. The molecule has 32 heavy (non-hydrogen) atoms. The summed E-state index contributed by atoms with van der Waals surface area (Å²) in [5.74, 6) is 1.21. The lowest BCUT2D eigenvalue weighted by Gasteiger charge is -2.24. The summed E-state index contributed by atoms with van der Waals surface area (Å²) in [6.07, 6.45) is 7.46. The highest BCUT2D eigenvalue weighted by molar-refractivity contribution is 7.99. The van der Waals surface area contributed by atoms with Crippen molar-refractivity contribution in [3.63, 3.8) is 0 Å². The number of benzene rings is 2. The second kappa shape index (κ2) is 12.2. The van der Waals surface area contributed by atoms with Crippen LogP contribution in [0.15, 0.2) is 59.5 Å². The molecule has 2 aromatic carbocycles. The maximum Gasteiger partial charge on any atom is 0.264 e. The Bertz CT molecular complexity index is 961. The van der Waals surface area contributed by atoms with E-state index in [2.05, 4.69) is 5.32 Å². The van der Waals surface area contributed by atoms with Crippen molar-refractivity contribution in [2.45, 2.75) is 48.7 Å². The zero-order valence-electron chi connectivity index (χ0n) is 18.5. The second-order valence-electron chi connectivity index (χ2n) is 7.86. The summed E-state index contributed by atoms with van der Waals surface area (Å²) in [6, 6.07) is 14.9. The van der Waals surface area contributed by atoms with Gasteiger partial charge in [-0.2, -0.15) is 11.8 Å². The van der Waals surface area contributed by atoms with Crippen molar-refractivity contribution in [2.24, 2.45) is 0 Å². The first kappa shape index (κ1) is 24.5. The minimum atomic E-state index is -3.91. The molecule has 8 heteroatoms. The van der Waals surface area contributed by atoms with Gasteiger partial charge in [-0.15, -0.1) is 0 Å². The van der Waals surface area contributed by atoms with Crippen LogP contribution in [0.5, 0.6) is 5.75 Å². The van der Waals surface area contributed by atoms with Crippen molar-refractivity contribution in [3.8, 4) is 5.75 Å². The molecule has 6 nitrogen and oxygen atoms in total. The fourth-order valence-corrected chi connectivity index (χ4v) is 6.51. The highest BCUT2D eigenvalue weighted by Crippen LogP contribution is 2.29. The van der Waals surface area contributed by atoms with Crippen molar-refractivity contribution in [3.05, 3.63) is 54.6 Å². The number of methoxy groups -OCH3 is 1. The molecule has 0 heterocycles. The van der Waals surface area contributed by atoms with E-state index in [1.54, 1.807) is 42.5 Å². The number of carbonyl (C=O) groups excluding carboxylic acids is 1. The summed E-state index contributed by atoms with van der Waals surface area (Å²) in [6.45, 7) is 0.246. The smallest absolute Gasteiger partial charge is 0.264 e. The fraction of sp³-hybridized carbons (Fsp3) is 0.458. The Hall–Kier alpha value is -2.19. The number of nitrogens with zero attached hydrogens (tertiary/aromatic N) is 1. The SMILES string of the molecule is COc1cccc(N(CC(=O)NCCCSC2CCCCC2)S(=O)(=O)c2ccccc2)c1. The largest absolute Gasteiger partial charge is 0.497 e. The van der Waals surface area contributed by atoms with E-state index < -0.39 is 10.0 Å². The minimum Gasteiger partial charge on any atom is -0.497 e. The third-order valence-electron chi connectivity index (χ3n) is 5.51. The molecular formula is C24H32N2O4S2. The zero-order chi connectivity index (χ0) is 22.8. The molecule has 0 unspecified atom stereocenters. The molecule has 1 aliphatic rings. The van der Waals surface area contributed by atoms with Crippen LogP contribution in [0.3, 0.4) is 0 Å². The van der Waals surface area contributed by atoms with Gasteiger partial charge in [-0.25, -0.2) is 8.42 Å². The number of amides is 1. The summed E-state index contributed by atoms with van der Waals surface area (Å²) in [4.78, 5) is 12.8. The molecule has 1 saturated carbocycles. The van der Waals surface area contributed by atoms with Gasteiger partial charge in [0, 0.05) is 17.9 Å². The van der Waals surface area contributed by atoms with Gasteiger partial charge < -0.3 is 10.1 Å². The first-order valence-electron chi connectivity index (χ1n) is 11.1. The number of ether oxygens (including phenoxy) is 1. The molecule has 0 atom stereocenters. The lowest BCUT2D eigenvalue weighted by atomic mass is 10.0. The lowest BCUT2D eigenvalue weighted by Crippen LogP contribution is -2.41. The van der Waals surface area contributed by atoms with Gasteiger partial charge >= 0.3 is 0 Å². The summed E-state index contributed by atoms with van der Waals surface area (Å²) < 4.78 is 33.0. The van der Waals surface area contributed by atoms with Crippen LogP contribution >= 0.6 is 11.8 Å². The maximum atomic E-state index is 13.3.